The average Bonchev–Trinajstić information content (AvgIpc) is 2.86. The number of benzene rings is 1. The molecule has 0 amide bonds. The fourth-order valence-electron chi connectivity index (χ4n) is 2.41. The second-order valence-corrected chi connectivity index (χ2v) is 5.70. The van der Waals surface area contributed by atoms with E-state index >= 15 is 0 Å². The number of rotatable bonds is 3. The van der Waals surface area contributed by atoms with Crippen molar-refractivity contribution in [2.75, 3.05) is 31.1 Å². The van der Waals surface area contributed by atoms with E-state index in [0.29, 0.717) is 0 Å². The fraction of sp³-hybridized carbons (Fsp3) is 0.357. The summed E-state index contributed by atoms with van der Waals surface area (Å²) in [6, 6.07) is 10.6. The maximum Gasteiger partial charge on any atom is 0.0930 e. The van der Waals surface area contributed by atoms with E-state index in [1.54, 1.807) is 0 Å². The standard InChI is InChI=1S/C14H17BrN4/c15-13-10-16-19(11-13)12-17-6-8-18(9-7-17)14-4-2-1-3-5-14/h1-5,10-11H,6-9,12H2. The second-order valence-electron chi connectivity index (χ2n) is 4.78. The van der Waals surface area contributed by atoms with E-state index in [2.05, 4.69) is 61.2 Å². The molecule has 0 atom stereocenters. The lowest BCUT2D eigenvalue weighted by atomic mass is 10.2. The van der Waals surface area contributed by atoms with E-state index in [4.69, 9.17) is 0 Å². The minimum atomic E-state index is 0.869. The van der Waals surface area contributed by atoms with Gasteiger partial charge in [-0.25, -0.2) is 0 Å². The van der Waals surface area contributed by atoms with E-state index in [9.17, 15) is 0 Å². The van der Waals surface area contributed by atoms with E-state index in [0.717, 1.165) is 37.3 Å². The molecule has 1 aliphatic rings. The Morgan fingerprint density at radius 1 is 1.05 bits per heavy atom. The van der Waals surface area contributed by atoms with Crippen molar-refractivity contribution in [3.05, 3.63) is 47.2 Å². The van der Waals surface area contributed by atoms with Gasteiger partial charge in [-0.15, -0.1) is 0 Å². The van der Waals surface area contributed by atoms with Gasteiger partial charge in [0.15, 0.2) is 0 Å². The number of hydrogen-bond acceptors (Lipinski definition) is 3. The quantitative estimate of drug-likeness (QED) is 0.868. The molecule has 0 unspecified atom stereocenters. The molecule has 2 heterocycles. The third kappa shape index (κ3) is 3.16. The molecule has 1 fully saturated rings. The first-order chi connectivity index (χ1) is 9.31. The van der Waals surface area contributed by atoms with Crippen LogP contribution in [0.4, 0.5) is 5.69 Å². The fourth-order valence-corrected chi connectivity index (χ4v) is 2.73. The number of hydrogen-bond donors (Lipinski definition) is 0. The highest BCUT2D eigenvalue weighted by Gasteiger charge is 2.17. The summed E-state index contributed by atoms with van der Waals surface area (Å²) in [5.41, 5.74) is 1.32. The van der Waals surface area contributed by atoms with Gasteiger partial charge in [-0.3, -0.25) is 9.58 Å². The second kappa shape index (κ2) is 5.75. The molecular formula is C14H17BrN4. The molecule has 1 aliphatic heterocycles. The van der Waals surface area contributed by atoms with Crippen LogP contribution in [-0.4, -0.2) is 40.9 Å². The first-order valence-electron chi connectivity index (χ1n) is 6.51. The molecule has 4 nitrogen and oxygen atoms in total. The molecule has 19 heavy (non-hydrogen) atoms. The van der Waals surface area contributed by atoms with E-state index < -0.39 is 0 Å². The zero-order valence-corrected chi connectivity index (χ0v) is 12.3. The maximum absolute atomic E-state index is 4.30. The lowest BCUT2D eigenvalue weighted by molar-refractivity contribution is 0.196. The van der Waals surface area contributed by atoms with Crippen LogP contribution in [0.25, 0.3) is 0 Å². The highest BCUT2D eigenvalue weighted by atomic mass is 79.9. The Balaban J connectivity index is 1.55. The Labute approximate surface area is 121 Å². The summed E-state index contributed by atoms with van der Waals surface area (Å²) in [4.78, 5) is 4.87. The maximum atomic E-state index is 4.30. The van der Waals surface area contributed by atoms with Gasteiger partial charge in [-0.2, -0.15) is 5.10 Å². The van der Waals surface area contributed by atoms with Gasteiger partial charge < -0.3 is 4.90 Å². The first-order valence-corrected chi connectivity index (χ1v) is 7.31. The van der Waals surface area contributed by atoms with Crippen LogP contribution in [0.5, 0.6) is 0 Å². The van der Waals surface area contributed by atoms with Crippen LogP contribution in [0, 0.1) is 0 Å². The van der Waals surface area contributed by atoms with Crippen LogP contribution in [0.3, 0.4) is 0 Å². The van der Waals surface area contributed by atoms with E-state index in [1.165, 1.54) is 5.69 Å². The van der Waals surface area contributed by atoms with Gasteiger partial charge in [0.25, 0.3) is 0 Å². The van der Waals surface area contributed by atoms with E-state index in [-0.39, 0.29) is 0 Å². The van der Waals surface area contributed by atoms with Crippen molar-refractivity contribution in [2.45, 2.75) is 6.67 Å². The number of nitrogens with zero attached hydrogens (tertiary/aromatic N) is 4. The van der Waals surface area contributed by atoms with Crippen LogP contribution in [0.2, 0.25) is 0 Å². The number of aromatic nitrogens is 2. The van der Waals surface area contributed by atoms with Crippen molar-refractivity contribution in [3.8, 4) is 0 Å². The van der Waals surface area contributed by atoms with Crippen LogP contribution in [-0.2, 0) is 6.67 Å². The first kappa shape index (κ1) is 12.7. The lowest BCUT2D eigenvalue weighted by Crippen LogP contribution is -2.46. The van der Waals surface area contributed by atoms with E-state index in [1.807, 2.05) is 17.1 Å². The summed E-state index contributed by atoms with van der Waals surface area (Å²) in [5.74, 6) is 0. The molecular weight excluding hydrogens is 304 g/mol. The Morgan fingerprint density at radius 3 is 2.42 bits per heavy atom. The Kier molecular flexibility index (Phi) is 3.84. The molecule has 1 aromatic carbocycles. The molecule has 0 bridgehead atoms. The van der Waals surface area contributed by atoms with Crippen LogP contribution >= 0.6 is 15.9 Å². The molecule has 3 rings (SSSR count). The number of anilines is 1. The molecule has 2 aromatic rings. The predicted octanol–water partition coefficient (Wildman–Crippen LogP) is 2.43. The summed E-state index contributed by atoms with van der Waals surface area (Å²) < 4.78 is 3.01. The number of piperazine rings is 1. The minimum Gasteiger partial charge on any atom is -0.369 e. The van der Waals surface area contributed by atoms with Gasteiger partial charge in [-0.1, -0.05) is 18.2 Å². The van der Waals surface area contributed by atoms with Crippen LogP contribution < -0.4 is 4.90 Å². The van der Waals surface area contributed by atoms with Crippen molar-refractivity contribution in [1.82, 2.24) is 14.7 Å². The van der Waals surface area contributed by atoms with Crippen molar-refractivity contribution in [1.29, 1.82) is 0 Å². The lowest BCUT2D eigenvalue weighted by Gasteiger charge is -2.35. The SMILES string of the molecule is Brc1cnn(CN2CCN(c3ccccc3)CC2)c1. The smallest absolute Gasteiger partial charge is 0.0930 e. The normalized spacial score (nSPS) is 16.8. The molecule has 0 N–H and O–H groups in total. The van der Waals surface area contributed by atoms with Crippen LogP contribution in [0.1, 0.15) is 0 Å². The molecule has 100 valence electrons. The molecule has 0 radical (unpaired) electrons. The predicted molar refractivity (Wildman–Crippen MR) is 80.2 cm³/mol. The third-order valence-electron chi connectivity index (χ3n) is 3.44. The van der Waals surface area contributed by atoms with Crippen molar-refractivity contribution in [2.24, 2.45) is 0 Å². The zero-order valence-electron chi connectivity index (χ0n) is 10.7. The monoisotopic (exact) mass is 320 g/mol. The molecule has 0 aliphatic carbocycles. The van der Waals surface area contributed by atoms with Gasteiger partial charge in [0.1, 0.15) is 0 Å². The Bertz CT molecular complexity index is 517. The summed E-state index contributed by atoms with van der Waals surface area (Å²) >= 11 is 3.43. The molecule has 1 aromatic heterocycles. The number of halogens is 1. The summed E-state index contributed by atoms with van der Waals surface area (Å²) in [5, 5.41) is 4.30. The van der Waals surface area contributed by atoms with Crippen molar-refractivity contribution < 1.29 is 0 Å². The summed E-state index contributed by atoms with van der Waals surface area (Å²) in [7, 11) is 0. The van der Waals surface area contributed by atoms with Crippen LogP contribution in [0.15, 0.2) is 47.2 Å². The summed E-state index contributed by atoms with van der Waals surface area (Å²) in [6.45, 7) is 5.17. The largest absolute Gasteiger partial charge is 0.369 e. The van der Waals surface area contributed by atoms with Gasteiger partial charge in [0, 0.05) is 38.1 Å². The van der Waals surface area contributed by atoms with Gasteiger partial charge in [-0.05, 0) is 28.1 Å². The molecule has 0 saturated carbocycles. The van der Waals surface area contributed by atoms with Gasteiger partial charge in [0.05, 0.1) is 17.3 Å². The number of para-hydroxylation sites is 1. The topological polar surface area (TPSA) is 24.3 Å². The molecule has 0 spiro atoms. The molecule has 1 saturated heterocycles. The summed E-state index contributed by atoms with van der Waals surface area (Å²) in [6.07, 6.45) is 3.85. The van der Waals surface area contributed by atoms with Gasteiger partial charge in [0.2, 0.25) is 0 Å². The Morgan fingerprint density at radius 2 is 1.79 bits per heavy atom. The van der Waals surface area contributed by atoms with Crippen molar-refractivity contribution in [3.63, 3.8) is 0 Å². The zero-order chi connectivity index (χ0) is 13.1. The molecule has 5 heteroatoms. The van der Waals surface area contributed by atoms with Crippen molar-refractivity contribution >= 4 is 21.6 Å². The van der Waals surface area contributed by atoms with Gasteiger partial charge >= 0.3 is 0 Å². The Hall–Kier alpha value is -1.33. The third-order valence-corrected chi connectivity index (χ3v) is 3.85. The highest BCUT2D eigenvalue weighted by Crippen LogP contribution is 2.16. The minimum absolute atomic E-state index is 0.869. The highest BCUT2D eigenvalue weighted by molar-refractivity contribution is 9.10. The average molecular weight is 321 g/mol.